The third-order valence-electron chi connectivity index (χ3n) is 3.28. The van der Waals surface area contributed by atoms with Crippen molar-refractivity contribution in [3.05, 3.63) is 23.8 Å². The summed E-state index contributed by atoms with van der Waals surface area (Å²) in [5.41, 5.74) is 1.08. The molecule has 0 rings (SSSR count). The van der Waals surface area contributed by atoms with Gasteiger partial charge < -0.3 is 9.88 Å². The maximum absolute atomic E-state index is 12.4. The van der Waals surface area contributed by atoms with Crippen LogP contribution in [0, 0.1) is 11.8 Å². The highest BCUT2D eigenvalue weighted by atomic mass is 31.2. The van der Waals surface area contributed by atoms with Gasteiger partial charge in [0.25, 0.3) is 0 Å². The molecule has 1 unspecified atom stereocenters. The van der Waals surface area contributed by atoms with Crippen molar-refractivity contribution < 1.29 is 4.57 Å². The fourth-order valence-electron chi connectivity index (χ4n) is 1.72. The summed E-state index contributed by atoms with van der Waals surface area (Å²) in [5, 5.41) is 4.25. The Labute approximate surface area is 107 Å². The normalized spacial score (nSPS) is 15.5. The van der Waals surface area contributed by atoms with Gasteiger partial charge in [0.1, 0.15) is 7.14 Å². The fourth-order valence-corrected chi connectivity index (χ4v) is 3.32. The molecular formula is C14H28NOP. The molecule has 0 aromatic rings. The average Bonchev–Trinajstić information content (AvgIpc) is 2.21. The molecule has 0 spiro atoms. The molecule has 1 N–H and O–H groups in total. The molecule has 0 fully saturated rings. The minimum Gasteiger partial charge on any atom is -0.365 e. The van der Waals surface area contributed by atoms with E-state index in [0.29, 0.717) is 11.8 Å². The molecule has 0 radical (unpaired) electrons. The van der Waals surface area contributed by atoms with Crippen LogP contribution in [0.25, 0.3) is 0 Å². The molecule has 0 aliphatic carbocycles. The van der Waals surface area contributed by atoms with Crippen molar-refractivity contribution in [2.75, 3.05) is 13.3 Å². The van der Waals surface area contributed by atoms with Gasteiger partial charge in [0, 0.05) is 11.0 Å². The van der Waals surface area contributed by atoms with Crippen molar-refractivity contribution in [2.24, 2.45) is 11.8 Å². The Morgan fingerprint density at radius 2 is 1.88 bits per heavy atom. The van der Waals surface area contributed by atoms with Crippen LogP contribution in [0.4, 0.5) is 0 Å². The van der Waals surface area contributed by atoms with E-state index in [1.54, 1.807) is 6.20 Å². The van der Waals surface area contributed by atoms with Gasteiger partial charge in [0.15, 0.2) is 0 Å². The average molecular weight is 257 g/mol. The van der Waals surface area contributed by atoms with Gasteiger partial charge >= 0.3 is 0 Å². The minimum absolute atomic E-state index is 0.548. The molecule has 0 heterocycles. The minimum atomic E-state index is -2.20. The lowest BCUT2D eigenvalue weighted by atomic mass is 9.94. The third-order valence-corrected chi connectivity index (χ3v) is 5.03. The maximum atomic E-state index is 12.4. The molecule has 0 saturated heterocycles. The van der Waals surface area contributed by atoms with Crippen LogP contribution in [0.1, 0.15) is 40.5 Å². The van der Waals surface area contributed by atoms with E-state index in [1.165, 1.54) is 0 Å². The molecule has 2 nitrogen and oxygen atoms in total. The van der Waals surface area contributed by atoms with E-state index in [-0.39, 0.29) is 0 Å². The number of nitrogens with one attached hydrogen (secondary N) is 1. The Kier molecular flexibility index (Phi) is 6.85. The first-order valence-corrected chi connectivity index (χ1v) is 8.99. The van der Waals surface area contributed by atoms with Gasteiger partial charge in [0.05, 0.1) is 0 Å². The molecule has 0 aliphatic heterocycles. The summed E-state index contributed by atoms with van der Waals surface area (Å²) in [6, 6.07) is 0. The maximum Gasteiger partial charge on any atom is 0.107 e. The predicted octanol–water partition coefficient (Wildman–Crippen LogP) is 4.65. The highest BCUT2D eigenvalue weighted by Crippen LogP contribution is 2.51. The summed E-state index contributed by atoms with van der Waals surface area (Å²) in [6.45, 7) is 16.1. The van der Waals surface area contributed by atoms with Gasteiger partial charge in [-0.15, -0.1) is 0 Å². The van der Waals surface area contributed by atoms with E-state index in [4.69, 9.17) is 0 Å². The van der Waals surface area contributed by atoms with E-state index in [2.05, 4.69) is 39.6 Å². The molecule has 17 heavy (non-hydrogen) atoms. The van der Waals surface area contributed by atoms with Gasteiger partial charge in [0.2, 0.25) is 0 Å². The predicted molar refractivity (Wildman–Crippen MR) is 78.7 cm³/mol. The van der Waals surface area contributed by atoms with Crippen LogP contribution in [0.3, 0.4) is 0 Å². The molecule has 0 aromatic carbocycles. The molecule has 0 aliphatic rings. The molecule has 0 amide bonds. The topological polar surface area (TPSA) is 29.1 Å². The monoisotopic (exact) mass is 257 g/mol. The zero-order valence-electron chi connectivity index (χ0n) is 12.2. The van der Waals surface area contributed by atoms with Crippen molar-refractivity contribution in [1.82, 2.24) is 5.32 Å². The highest BCUT2D eigenvalue weighted by molar-refractivity contribution is 7.66. The highest BCUT2D eigenvalue weighted by Gasteiger charge is 2.22. The molecule has 100 valence electrons. The molecular weight excluding hydrogens is 229 g/mol. The largest absolute Gasteiger partial charge is 0.365 e. The zero-order chi connectivity index (χ0) is 13.6. The SMILES string of the molecule is C=CN/C(CC)=C(/CC(C)C(C)C)P(C)(C)=O. The van der Waals surface area contributed by atoms with Crippen molar-refractivity contribution in [2.45, 2.75) is 40.5 Å². The molecule has 1 atom stereocenters. The first kappa shape index (κ1) is 16.5. The van der Waals surface area contributed by atoms with Crippen LogP contribution < -0.4 is 5.32 Å². The van der Waals surface area contributed by atoms with Gasteiger partial charge in [-0.2, -0.15) is 0 Å². The van der Waals surface area contributed by atoms with E-state index in [1.807, 2.05) is 13.3 Å². The van der Waals surface area contributed by atoms with Crippen LogP contribution >= 0.6 is 7.14 Å². The quantitative estimate of drug-likeness (QED) is 0.673. The molecule has 0 bridgehead atoms. The van der Waals surface area contributed by atoms with E-state index in [9.17, 15) is 4.57 Å². The van der Waals surface area contributed by atoms with Crippen LogP contribution in [0.15, 0.2) is 23.8 Å². The standard InChI is InChI=1S/C14H28NOP/c1-8-13(15-9-2)14(17(6,7)16)10-12(5)11(3)4/h9,11-12,15H,2,8,10H2,1,3-7H3/b14-13-. The van der Waals surface area contributed by atoms with Crippen molar-refractivity contribution in [1.29, 1.82) is 0 Å². The van der Waals surface area contributed by atoms with Gasteiger partial charge in [-0.1, -0.05) is 34.3 Å². The number of hydrogen-bond donors (Lipinski definition) is 1. The Morgan fingerprint density at radius 1 is 1.35 bits per heavy atom. The van der Waals surface area contributed by atoms with E-state index < -0.39 is 7.14 Å². The first-order valence-electron chi connectivity index (χ1n) is 6.39. The summed E-state index contributed by atoms with van der Waals surface area (Å²) in [7, 11) is -2.20. The van der Waals surface area contributed by atoms with Crippen LogP contribution in [-0.4, -0.2) is 13.3 Å². The zero-order valence-corrected chi connectivity index (χ0v) is 13.1. The first-order chi connectivity index (χ1) is 7.73. The summed E-state index contributed by atoms with van der Waals surface area (Å²) < 4.78 is 12.4. The molecule has 0 aromatic heterocycles. The van der Waals surface area contributed by atoms with Gasteiger partial charge in [-0.05, 0) is 44.2 Å². The Balaban J connectivity index is 5.26. The second kappa shape index (κ2) is 7.06. The van der Waals surface area contributed by atoms with Crippen molar-refractivity contribution >= 4 is 7.14 Å². The Bertz CT molecular complexity index is 325. The van der Waals surface area contributed by atoms with Gasteiger partial charge in [-0.25, -0.2) is 0 Å². The fraction of sp³-hybridized carbons (Fsp3) is 0.714. The summed E-state index contributed by atoms with van der Waals surface area (Å²) in [6.07, 6.45) is 3.46. The second-order valence-corrected chi connectivity index (χ2v) is 8.65. The Morgan fingerprint density at radius 3 is 2.18 bits per heavy atom. The lowest BCUT2D eigenvalue weighted by molar-refractivity contribution is 0.418. The van der Waals surface area contributed by atoms with Crippen LogP contribution in [0.2, 0.25) is 0 Å². The van der Waals surface area contributed by atoms with E-state index >= 15 is 0 Å². The van der Waals surface area contributed by atoms with E-state index in [0.717, 1.165) is 23.9 Å². The number of allylic oxidation sites excluding steroid dienone is 2. The summed E-state index contributed by atoms with van der Waals surface area (Å²) in [5.74, 6) is 1.16. The smallest absolute Gasteiger partial charge is 0.107 e. The number of hydrogen-bond acceptors (Lipinski definition) is 2. The second-order valence-electron chi connectivity index (χ2n) is 5.40. The lowest BCUT2D eigenvalue weighted by Gasteiger charge is -2.23. The van der Waals surface area contributed by atoms with Crippen molar-refractivity contribution in [3.63, 3.8) is 0 Å². The van der Waals surface area contributed by atoms with Crippen LogP contribution in [-0.2, 0) is 4.57 Å². The number of rotatable bonds is 7. The van der Waals surface area contributed by atoms with Gasteiger partial charge in [-0.3, -0.25) is 0 Å². The Hall–Kier alpha value is -0.490. The molecule has 3 heteroatoms. The van der Waals surface area contributed by atoms with Crippen molar-refractivity contribution in [3.8, 4) is 0 Å². The van der Waals surface area contributed by atoms with Crippen LogP contribution in [0.5, 0.6) is 0 Å². The third kappa shape index (κ3) is 5.59. The molecule has 0 saturated carbocycles. The summed E-state index contributed by atoms with van der Waals surface area (Å²) in [4.78, 5) is 0. The lowest BCUT2D eigenvalue weighted by Crippen LogP contribution is -2.12. The summed E-state index contributed by atoms with van der Waals surface area (Å²) >= 11 is 0.